The van der Waals surface area contributed by atoms with Gasteiger partial charge in [0.25, 0.3) is 0 Å². The molecule has 0 aliphatic carbocycles. The van der Waals surface area contributed by atoms with Gasteiger partial charge in [0.05, 0.1) is 6.54 Å². The SMILES string of the molecule is CCCCN(CCCC)C(=O)CN(C)CCNC. The maximum Gasteiger partial charge on any atom is 0.236 e. The fourth-order valence-corrected chi connectivity index (χ4v) is 1.77. The molecule has 1 N–H and O–H groups in total. The van der Waals surface area contributed by atoms with Crippen LogP contribution in [0.1, 0.15) is 39.5 Å². The fourth-order valence-electron chi connectivity index (χ4n) is 1.77. The molecule has 18 heavy (non-hydrogen) atoms. The zero-order valence-electron chi connectivity index (χ0n) is 12.7. The number of carbonyl (C=O) groups is 1. The Hall–Kier alpha value is -0.610. The lowest BCUT2D eigenvalue weighted by Gasteiger charge is -2.25. The van der Waals surface area contributed by atoms with Gasteiger partial charge in [0.1, 0.15) is 0 Å². The van der Waals surface area contributed by atoms with Crippen molar-refractivity contribution in [1.29, 1.82) is 0 Å². The van der Waals surface area contributed by atoms with Gasteiger partial charge in [-0.05, 0) is 26.9 Å². The number of hydrogen-bond donors (Lipinski definition) is 1. The Morgan fingerprint density at radius 2 is 1.61 bits per heavy atom. The molecule has 0 aromatic rings. The van der Waals surface area contributed by atoms with Crippen molar-refractivity contribution in [3.63, 3.8) is 0 Å². The van der Waals surface area contributed by atoms with E-state index in [1.807, 2.05) is 19.0 Å². The molecule has 0 saturated heterocycles. The number of amides is 1. The number of likely N-dealkylation sites (N-methyl/N-ethyl adjacent to an activating group) is 2. The van der Waals surface area contributed by atoms with E-state index in [1.165, 1.54) is 0 Å². The number of nitrogens with one attached hydrogen (secondary N) is 1. The van der Waals surface area contributed by atoms with Gasteiger partial charge < -0.3 is 10.2 Å². The predicted octanol–water partition coefficient (Wildman–Crippen LogP) is 1.57. The Kier molecular flexibility index (Phi) is 11.1. The van der Waals surface area contributed by atoms with Crippen LogP contribution in [0, 0.1) is 0 Å². The number of carbonyl (C=O) groups excluding carboxylic acids is 1. The van der Waals surface area contributed by atoms with Gasteiger partial charge in [0.2, 0.25) is 5.91 Å². The second kappa shape index (κ2) is 11.5. The zero-order chi connectivity index (χ0) is 13.8. The summed E-state index contributed by atoms with van der Waals surface area (Å²) in [6.07, 6.45) is 4.50. The number of rotatable bonds is 11. The molecule has 0 aromatic carbocycles. The van der Waals surface area contributed by atoms with Gasteiger partial charge >= 0.3 is 0 Å². The predicted molar refractivity (Wildman–Crippen MR) is 77.8 cm³/mol. The maximum atomic E-state index is 12.2. The first kappa shape index (κ1) is 17.4. The Morgan fingerprint density at radius 3 is 2.06 bits per heavy atom. The van der Waals surface area contributed by atoms with Crippen molar-refractivity contribution in [2.45, 2.75) is 39.5 Å². The van der Waals surface area contributed by atoms with Gasteiger partial charge in [-0.3, -0.25) is 9.69 Å². The molecule has 108 valence electrons. The monoisotopic (exact) mass is 257 g/mol. The van der Waals surface area contributed by atoms with Crippen molar-refractivity contribution < 1.29 is 4.79 Å². The van der Waals surface area contributed by atoms with Crippen LogP contribution in [-0.4, -0.2) is 62.5 Å². The van der Waals surface area contributed by atoms with Crippen molar-refractivity contribution in [3.8, 4) is 0 Å². The normalized spacial score (nSPS) is 10.9. The van der Waals surface area contributed by atoms with Gasteiger partial charge in [-0.1, -0.05) is 26.7 Å². The Bertz CT molecular complexity index is 201. The van der Waals surface area contributed by atoms with Crippen LogP contribution >= 0.6 is 0 Å². The minimum atomic E-state index is 0.274. The van der Waals surface area contributed by atoms with Crippen LogP contribution in [0.25, 0.3) is 0 Å². The van der Waals surface area contributed by atoms with Gasteiger partial charge in [0, 0.05) is 26.2 Å². The summed E-state index contributed by atoms with van der Waals surface area (Å²) >= 11 is 0. The minimum absolute atomic E-state index is 0.274. The average molecular weight is 257 g/mol. The Morgan fingerprint density at radius 1 is 1.06 bits per heavy atom. The maximum absolute atomic E-state index is 12.2. The van der Waals surface area contributed by atoms with Gasteiger partial charge in [-0.15, -0.1) is 0 Å². The number of unbranched alkanes of at least 4 members (excludes halogenated alkanes) is 2. The van der Waals surface area contributed by atoms with Crippen LogP contribution in [0.15, 0.2) is 0 Å². The summed E-state index contributed by atoms with van der Waals surface area (Å²) in [5.41, 5.74) is 0. The van der Waals surface area contributed by atoms with E-state index in [1.54, 1.807) is 0 Å². The quantitative estimate of drug-likeness (QED) is 0.610. The van der Waals surface area contributed by atoms with Gasteiger partial charge in [-0.2, -0.15) is 0 Å². The molecule has 0 heterocycles. The van der Waals surface area contributed by atoms with Crippen molar-refractivity contribution in [3.05, 3.63) is 0 Å². The Labute approximate surface area is 113 Å². The summed E-state index contributed by atoms with van der Waals surface area (Å²) < 4.78 is 0. The molecule has 0 aromatic heterocycles. The second-order valence-electron chi connectivity index (χ2n) is 4.93. The largest absolute Gasteiger partial charge is 0.342 e. The van der Waals surface area contributed by atoms with E-state index in [0.717, 1.165) is 51.9 Å². The molecule has 0 saturated carbocycles. The molecule has 0 unspecified atom stereocenters. The lowest BCUT2D eigenvalue weighted by molar-refractivity contribution is -0.132. The highest BCUT2D eigenvalue weighted by atomic mass is 16.2. The molecule has 4 nitrogen and oxygen atoms in total. The molecule has 0 fully saturated rings. The van der Waals surface area contributed by atoms with E-state index in [-0.39, 0.29) is 5.91 Å². The Balaban J connectivity index is 4.09. The number of hydrogen-bond acceptors (Lipinski definition) is 3. The van der Waals surface area contributed by atoms with Crippen molar-refractivity contribution in [2.75, 3.05) is 46.8 Å². The van der Waals surface area contributed by atoms with Crippen molar-refractivity contribution >= 4 is 5.91 Å². The topological polar surface area (TPSA) is 35.6 Å². The van der Waals surface area contributed by atoms with Crippen LogP contribution in [0.2, 0.25) is 0 Å². The third kappa shape index (κ3) is 8.48. The second-order valence-corrected chi connectivity index (χ2v) is 4.93. The molecular formula is C14H31N3O. The van der Waals surface area contributed by atoms with Crippen LogP contribution in [-0.2, 0) is 4.79 Å². The first-order chi connectivity index (χ1) is 8.65. The molecule has 0 spiro atoms. The molecule has 1 amide bonds. The van der Waals surface area contributed by atoms with Crippen LogP contribution in [0.5, 0.6) is 0 Å². The van der Waals surface area contributed by atoms with E-state index in [9.17, 15) is 4.79 Å². The molecular weight excluding hydrogens is 226 g/mol. The highest BCUT2D eigenvalue weighted by molar-refractivity contribution is 5.78. The molecule has 0 aliphatic heterocycles. The molecule has 4 heteroatoms. The smallest absolute Gasteiger partial charge is 0.236 e. The van der Waals surface area contributed by atoms with Crippen LogP contribution in [0.4, 0.5) is 0 Å². The summed E-state index contributed by atoms with van der Waals surface area (Å²) in [6, 6.07) is 0. The molecule has 0 atom stereocenters. The van der Waals surface area contributed by atoms with E-state index in [2.05, 4.69) is 24.1 Å². The van der Waals surface area contributed by atoms with Crippen molar-refractivity contribution in [1.82, 2.24) is 15.1 Å². The average Bonchev–Trinajstić information content (AvgIpc) is 2.36. The van der Waals surface area contributed by atoms with E-state index >= 15 is 0 Å². The van der Waals surface area contributed by atoms with E-state index in [4.69, 9.17) is 0 Å². The lowest BCUT2D eigenvalue weighted by Crippen LogP contribution is -2.41. The highest BCUT2D eigenvalue weighted by Crippen LogP contribution is 2.01. The third-order valence-corrected chi connectivity index (χ3v) is 3.06. The summed E-state index contributed by atoms with van der Waals surface area (Å²) in [5, 5.41) is 3.10. The van der Waals surface area contributed by atoms with Crippen molar-refractivity contribution in [2.24, 2.45) is 0 Å². The minimum Gasteiger partial charge on any atom is -0.342 e. The fraction of sp³-hybridized carbons (Fsp3) is 0.929. The summed E-state index contributed by atoms with van der Waals surface area (Å²) in [4.78, 5) is 16.3. The van der Waals surface area contributed by atoms with Gasteiger partial charge in [-0.25, -0.2) is 0 Å². The number of nitrogens with zero attached hydrogens (tertiary/aromatic N) is 2. The molecule has 0 aliphatic rings. The highest BCUT2D eigenvalue weighted by Gasteiger charge is 2.14. The summed E-state index contributed by atoms with van der Waals surface area (Å²) in [5.74, 6) is 0.274. The molecule has 0 rings (SSSR count). The summed E-state index contributed by atoms with van der Waals surface area (Å²) in [6.45, 7) is 8.54. The first-order valence-electron chi connectivity index (χ1n) is 7.26. The molecule has 0 bridgehead atoms. The standard InChI is InChI=1S/C14H31N3O/c1-5-7-10-17(11-8-6-2)14(18)13-16(4)12-9-15-3/h15H,5-13H2,1-4H3. The van der Waals surface area contributed by atoms with E-state index < -0.39 is 0 Å². The van der Waals surface area contributed by atoms with Crippen LogP contribution < -0.4 is 5.32 Å². The zero-order valence-corrected chi connectivity index (χ0v) is 12.7. The lowest BCUT2D eigenvalue weighted by atomic mass is 10.2. The first-order valence-corrected chi connectivity index (χ1v) is 7.26. The summed E-state index contributed by atoms with van der Waals surface area (Å²) in [7, 11) is 3.94. The van der Waals surface area contributed by atoms with Gasteiger partial charge in [0.15, 0.2) is 0 Å². The third-order valence-electron chi connectivity index (χ3n) is 3.06. The van der Waals surface area contributed by atoms with E-state index in [0.29, 0.717) is 6.54 Å². The molecule has 0 radical (unpaired) electrons. The van der Waals surface area contributed by atoms with Crippen LogP contribution in [0.3, 0.4) is 0 Å².